The molecule has 1 aromatic carbocycles. The molecule has 1 atom stereocenters. The zero-order valence-electron chi connectivity index (χ0n) is 10.7. The molecule has 3 N–H and O–H groups in total. The number of phenolic OH excluding ortho intramolecular Hbond substituents is 1. The highest BCUT2D eigenvalue weighted by Gasteiger charge is 2.15. The highest BCUT2D eigenvalue weighted by Crippen LogP contribution is 2.32. The van der Waals surface area contributed by atoms with Crippen molar-refractivity contribution in [1.29, 1.82) is 0 Å². The lowest BCUT2D eigenvalue weighted by Crippen LogP contribution is -2.12. The molecule has 0 aliphatic heterocycles. The fraction of sp³-hybridized carbons (Fsp3) is 0.538. The summed E-state index contributed by atoms with van der Waals surface area (Å²) < 4.78 is 13.5. The lowest BCUT2D eigenvalue weighted by Gasteiger charge is -2.17. The van der Waals surface area contributed by atoms with Crippen molar-refractivity contribution in [2.75, 3.05) is 20.6 Å². The van der Waals surface area contributed by atoms with Gasteiger partial charge in [0.1, 0.15) is 11.6 Å². The van der Waals surface area contributed by atoms with E-state index < -0.39 is 0 Å². The van der Waals surface area contributed by atoms with Gasteiger partial charge in [-0.15, -0.1) is 0 Å². The Bertz CT molecular complexity index is 380. The first-order valence-electron chi connectivity index (χ1n) is 5.81. The third-order valence-electron chi connectivity index (χ3n) is 2.80. The molecule has 1 rings (SSSR count). The highest BCUT2D eigenvalue weighted by atomic mass is 19.1. The fourth-order valence-corrected chi connectivity index (χ4v) is 1.92. The minimum atomic E-state index is -0.307. The number of halogens is 1. The van der Waals surface area contributed by atoms with Gasteiger partial charge in [0, 0.05) is 12.1 Å². The largest absolute Gasteiger partial charge is 0.507 e. The Labute approximate surface area is 102 Å². The van der Waals surface area contributed by atoms with Gasteiger partial charge < -0.3 is 15.7 Å². The number of rotatable bonds is 5. The van der Waals surface area contributed by atoms with Crippen molar-refractivity contribution in [1.82, 2.24) is 4.90 Å². The van der Waals surface area contributed by atoms with Crippen LogP contribution in [0.3, 0.4) is 0 Å². The number of hydrogen-bond donors (Lipinski definition) is 2. The lowest BCUT2D eigenvalue weighted by molar-refractivity contribution is 0.381. The maximum absolute atomic E-state index is 13.5. The molecule has 0 spiro atoms. The van der Waals surface area contributed by atoms with E-state index in [0.29, 0.717) is 24.2 Å². The van der Waals surface area contributed by atoms with Gasteiger partial charge in [-0.2, -0.15) is 0 Å². The smallest absolute Gasteiger partial charge is 0.124 e. The number of hydrogen-bond acceptors (Lipinski definition) is 3. The van der Waals surface area contributed by atoms with Crippen LogP contribution in [-0.2, 0) is 6.54 Å². The third kappa shape index (κ3) is 3.68. The van der Waals surface area contributed by atoms with E-state index in [1.807, 2.05) is 25.9 Å². The SMILES string of the molecule is CC(CCN)c1cc(F)cc(CN(C)C)c1O. The van der Waals surface area contributed by atoms with Crippen LogP contribution in [0, 0.1) is 5.82 Å². The summed E-state index contributed by atoms with van der Waals surface area (Å²) in [5.41, 5.74) is 6.76. The van der Waals surface area contributed by atoms with E-state index >= 15 is 0 Å². The molecule has 0 saturated heterocycles. The average molecular weight is 240 g/mol. The Kier molecular flexibility index (Phi) is 4.90. The molecule has 0 radical (unpaired) electrons. The van der Waals surface area contributed by atoms with Crippen molar-refractivity contribution in [3.05, 3.63) is 29.1 Å². The quantitative estimate of drug-likeness (QED) is 0.828. The summed E-state index contributed by atoms with van der Waals surface area (Å²) in [4.78, 5) is 1.89. The summed E-state index contributed by atoms with van der Waals surface area (Å²) in [5.74, 6) is -0.0452. The number of nitrogens with zero attached hydrogens (tertiary/aromatic N) is 1. The van der Waals surface area contributed by atoms with Crippen LogP contribution in [0.15, 0.2) is 12.1 Å². The van der Waals surface area contributed by atoms with Gasteiger partial charge in [-0.25, -0.2) is 4.39 Å². The molecule has 17 heavy (non-hydrogen) atoms. The first-order chi connectivity index (χ1) is 7.95. The highest BCUT2D eigenvalue weighted by molar-refractivity contribution is 5.42. The van der Waals surface area contributed by atoms with Crippen molar-refractivity contribution in [2.24, 2.45) is 5.73 Å². The molecule has 96 valence electrons. The molecule has 0 heterocycles. The van der Waals surface area contributed by atoms with Crippen LogP contribution in [-0.4, -0.2) is 30.6 Å². The van der Waals surface area contributed by atoms with E-state index in [0.717, 1.165) is 6.42 Å². The maximum Gasteiger partial charge on any atom is 0.124 e. The molecule has 0 aromatic heterocycles. The molecular weight excluding hydrogens is 219 g/mol. The second kappa shape index (κ2) is 5.98. The number of benzene rings is 1. The van der Waals surface area contributed by atoms with Crippen molar-refractivity contribution in [3.8, 4) is 5.75 Å². The van der Waals surface area contributed by atoms with Crippen molar-refractivity contribution < 1.29 is 9.50 Å². The maximum atomic E-state index is 13.5. The van der Waals surface area contributed by atoms with E-state index in [1.54, 1.807) is 0 Å². The van der Waals surface area contributed by atoms with Crippen LogP contribution in [0.1, 0.15) is 30.4 Å². The van der Waals surface area contributed by atoms with Gasteiger partial charge in [-0.05, 0) is 50.7 Å². The fourth-order valence-electron chi connectivity index (χ4n) is 1.92. The first kappa shape index (κ1) is 13.9. The number of nitrogens with two attached hydrogens (primary N) is 1. The average Bonchev–Trinajstić information content (AvgIpc) is 2.22. The molecule has 3 nitrogen and oxygen atoms in total. The summed E-state index contributed by atoms with van der Waals surface area (Å²) >= 11 is 0. The van der Waals surface area contributed by atoms with Crippen molar-refractivity contribution >= 4 is 0 Å². The molecule has 0 amide bonds. The van der Waals surface area contributed by atoms with E-state index in [4.69, 9.17) is 5.73 Å². The minimum absolute atomic E-state index is 0.0663. The van der Waals surface area contributed by atoms with Crippen LogP contribution < -0.4 is 5.73 Å². The summed E-state index contributed by atoms with van der Waals surface area (Å²) in [6.07, 6.45) is 0.735. The Morgan fingerprint density at radius 1 is 1.41 bits per heavy atom. The predicted octanol–water partition coefficient (Wildman–Crippen LogP) is 2.05. The Hall–Kier alpha value is -1.13. The summed E-state index contributed by atoms with van der Waals surface area (Å²) in [7, 11) is 3.76. The minimum Gasteiger partial charge on any atom is -0.507 e. The van der Waals surface area contributed by atoms with Crippen molar-refractivity contribution in [2.45, 2.75) is 25.8 Å². The van der Waals surface area contributed by atoms with Crippen LogP contribution in [0.5, 0.6) is 5.75 Å². The Morgan fingerprint density at radius 2 is 2.06 bits per heavy atom. The molecule has 1 unspecified atom stereocenters. The summed E-state index contributed by atoms with van der Waals surface area (Å²) in [6.45, 7) is 2.99. The molecule has 0 aliphatic carbocycles. The normalized spacial score (nSPS) is 13.1. The van der Waals surface area contributed by atoms with E-state index in [9.17, 15) is 9.50 Å². The molecular formula is C13H21FN2O. The molecule has 0 fully saturated rings. The first-order valence-corrected chi connectivity index (χ1v) is 5.81. The van der Waals surface area contributed by atoms with Gasteiger partial charge in [0.2, 0.25) is 0 Å². The van der Waals surface area contributed by atoms with Crippen LogP contribution >= 0.6 is 0 Å². The standard InChI is InChI=1S/C13H21FN2O/c1-9(4-5-15)12-7-11(14)6-10(13(12)17)8-16(2)3/h6-7,9,17H,4-5,8,15H2,1-3H3. The van der Waals surface area contributed by atoms with Gasteiger partial charge in [0.05, 0.1) is 0 Å². The number of phenols is 1. The lowest BCUT2D eigenvalue weighted by atomic mass is 9.94. The molecule has 0 saturated carbocycles. The van der Waals surface area contributed by atoms with Gasteiger partial charge in [0.15, 0.2) is 0 Å². The third-order valence-corrected chi connectivity index (χ3v) is 2.80. The molecule has 0 bridgehead atoms. The molecule has 4 heteroatoms. The molecule has 0 aliphatic rings. The van der Waals surface area contributed by atoms with Gasteiger partial charge in [0.25, 0.3) is 0 Å². The monoisotopic (exact) mass is 240 g/mol. The van der Waals surface area contributed by atoms with Gasteiger partial charge in [-0.1, -0.05) is 6.92 Å². The summed E-state index contributed by atoms with van der Waals surface area (Å²) in [5, 5.41) is 10.1. The van der Waals surface area contributed by atoms with E-state index in [2.05, 4.69) is 0 Å². The topological polar surface area (TPSA) is 49.5 Å². The zero-order valence-corrected chi connectivity index (χ0v) is 10.7. The molecule has 1 aromatic rings. The van der Waals surface area contributed by atoms with Crippen LogP contribution in [0.25, 0.3) is 0 Å². The Morgan fingerprint density at radius 3 is 2.59 bits per heavy atom. The summed E-state index contributed by atoms with van der Waals surface area (Å²) in [6, 6.07) is 2.78. The second-order valence-electron chi connectivity index (χ2n) is 4.72. The van der Waals surface area contributed by atoms with Gasteiger partial charge in [-0.3, -0.25) is 0 Å². The van der Waals surface area contributed by atoms with Crippen LogP contribution in [0.4, 0.5) is 4.39 Å². The second-order valence-corrected chi connectivity index (χ2v) is 4.72. The van der Waals surface area contributed by atoms with Gasteiger partial charge >= 0.3 is 0 Å². The Balaban J connectivity index is 3.09. The number of aromatic hydroxyl groups is 1. The van der Waals surface area contributed by atoms with E-state index in [-0.39, 0.29) is 17.5 Å². The zero-order chi connectivity index (χ0) is 13.0. The van der Waals surface area contributed by atoms with E-state index in [1.165, 1.54) is 12.1 Å². The van der Waals surface area contributed by atoms with Crippen molar-refractivity contribution in [3.63, 3.8) is 0 Å². The van der Waals surface area contributed by atoms with Crippen LogP contribution in [0.2, 0.25) is 0 Å². The predicted molar refractivity (Wildman–Crippen MR) is 67.5 cm³/mol.